The highest BCUT2D eigenvalue weighted by atomic mass is 16.2. The van der Waals surface area contributed by atoms with Crippen LogP contribution in [0.4, 0.5) is 0 Å². The van der Waals surface area contributed by atoms with Gasteiger partial charge in [0.25, 0.3) is 0 Å². The van der Waals surface area contributed by atoms with E-state index in [1.807, 2.05) is 21.7 Å². The topological polar surface area (TPSA) is 67.2 Å². The van der Waals surface area contributed by atoms with Crippen LogP contribution in [-0.4, -0.2) is 62.1 Å². The molecule has 0 unspecified atom stereocenters. The molecule has 0 atom stereocenters. The van der Waals surface area contributed by atoms with Gasteiger partial charge in [0.05, 0.1) is 19.0 Å². The largest absolute Gasteiger partial charge is 0.340 e. The summed E-state index contributed by atoms with van der Waals surface area (Å²) in [6, 6.07) is 8.71. The van der Waals surface area contributed by atoms with Crippen LogP contribution in [-0.2, 0) is 17.8 Å². The lowest BCUT2D eigenvalue weighted by atomic mass is 10.1. The molecule has 7 nitrogen and oxygen atoms in total. The summed E-state index contributed by atoms with van der Waals surface area (Å²) in [5.41, 5.74) is 2.31. The molecule has 0 spiro atoms. The van der Waals surface area contributed by atoms with Crippen molar-refractivity contribution in [1.29, 1.82) is 0 Å². The van der Waals surface area contributed by atoms with Gasteiger partial charge >= 0.3 is 0 Å². The fourth-order valence-electron chi connectivity index (χ4n) is 3.27. The van der Waals surface area contributed by atoms with Crippen molar-refractivity contribution in [3.63, 3.8) is 0 Å². The molecule has 1 aromatic heterocycles. The van der Waals surface area contributed by atoms with Crippen LogP contribution in [0.3, 0.4) is 0 Å². The fraction of sp³-hybridized carbons (Fsp3) is 0.556. The van der Waals surface area contributed by atoms with Crippen molar-refractivity contribution in [3.8, 4) is 0 Å². The Bertz CT molecular complexity index is 728. The quantitative estimate of drug-likeness (QED) is 0.818. The molecule has 1 aromatic carbocycles. The van der Waals surface area contributed by atoms with Crippen LogP contribution in [0.1, 0.15) is 35.8 Å². The second kappa shape index (κ2) is 6.92. The maximum absolute atomic E-state index is 12.5. The Kier molecular flexibility index (Phi) is 4.48. The van der Waals surface area contributed by atoms with Crippen molar-refractivity contribution in [3.05, 3.63) is 41.2 Å². The summed E-state index contributed by atoms with van der Waals surface area (Å²) in [7, 11) is 0. The van der Waals surface area contributed by atoms with Crippen LogP contribution in [0.5, 0.6) is 0 Å². The molecule has 0 bridgehead atoms. The molecule has 2 aromatic rings. The molecule has 132 valence electrons. The molecular formula is C18H24N6O. The van der Waals surface area contributed by atoms with Gasteiger partial charge in [-0.05, 0) is 35.8 Å². The van der Waals surface area contributed by atoms with Crippen LogP contribution in [0.2, 0.25) is 0 Å². The number of aromatic nitrogens is 4. The van der Waals surface area contributed by atoms with E-state index in [4.69, 9.17) is 0 Å². The Morgan fingerprint density at radius 3 is 2.52 bits per heavy atom. The summed E-state index contributed by atoms with van der Waals surface area (Å²) < 4.78 is 1.97. The first-order valence-corrected chi connectivity index (χ1v) is 9.01. The number of hydrogen-bond donors (Lipinski definition) is 0. The van der Waals surface area contributed by atoms with Crippen molar-refractivity contribution in [2.24, 2.45) is 0 Å². The molecular weight excluding hydrogens is 316 g/mol. The summed E-state index contributed by atoms with van der Waals surface area (Å²) in [4.78, 5) is 16.8. The van der Waals surface area contributed by atoms with Gasteiger partial charge in [-0.15, -0.1) is 5.10 Å². The highest BCUT2D eigenvalue weighted by molar-refractivity contribution is 5.78. The normalized spacial score (nSPS) is 18.5. The minimum absolute atomic E-state index is 0.214. The van der Waals surface area contributed by atoms with Gasteiger partial charge in [0.2, 0.25) is 5.91 Å². The maximum Gasteiger partial charge on any atom is 0.227 e. The molecule has 1 aliphatic carbocycles. The number of carbonyl (C=O) groups is 1. The van der Waals surface area contributed by atoms with E-state index in [9.17, 15) is 4.79 Å². The third kappa shape index (κ3) is 3.87. The van der Waals surface area contributed by atoms with Gasteiger partial charge in [-0.2, -0.15) is 0 Å². The van der Waals surface area contributed by atoms with Gasteiger partial charge in [-0.3, -0.25) is 9.69 Å². The average Bonchev–Trinajstić information content (AvgIpc) is 3.37. The highest BCUT2D eigenvalue weighted by Crippen LogP contribution is 2.34. The van der Waals surface area contributed by atoms with Crippen LogP contribution in [0, 0.1) is 6.92 Å². The van der Waals surface area contributed by atoms with E-state index in [1.165, 1.54) is 18.4 Å². The van der Waals surface area contributed by atoms with Gasteiger partial charge in [0.15, 0.2) is 5.82 Å². The Morgan fingerprint density at radius 1 is 1.12 bits per heavy atom. The molecule has 2 fully saturated rings. The molecule has 1 aliphatic heterocycles. The molecule has 25 heavy (non-hydrogen) atoms. The second-order valence-corrected chi connectivity index (χ2v) is 7.09. The SMILES string of the molecule is Cc1ccc(CC(=O)N2CCN(Cc3nnnn3C3CC3)CC2)cc1. The number of amides is 1. The zero-order valence-electron chi connectivity index (χ0n) is 14.6. The molecule has 0 radical (unpaired) electrons. The number of nitrogens with zero attached hydrogens (tertiary/aromatic N) is 6. The van der Waals surface area contributed by atoms with E-state index in [0.29, 0.717) is 12.5 Å². The van der Waals surface area contributed by atoms with Crippen LogP contribution in [0.15, 0.2) is 24.3 Å². The zero-order valence-corrected chi connectivity index (χ0v) is 14.6. The molecule has 0 N–H and O–H groups in total. The predicted molar refractivity (Wildman–Crippen MR) is 92.8 cm³/mol. The third-order valence-corrected chi connectivity index (χ3v) is 5.02. The molecule has 2 heterocycles. The molecule has 7 heteroatoms. The number of piperazine rings is 1. The Balaban J connectivity index is 1.28. The number of aryl methyl sites for hydroxylation is 1. The standard InChI is InChI=1S/C18H24N6O/c1-14-2-4-15(5-3-14)12-18(25)23-10-8-22(9-11-23)13-17-19-20-21-24(17)16-6-7-16/h2-5,16H,6-13H2,1H3. The Hall–Kier alpha value is -2.28. The van der Waals surface area contributed by atoms with Gasteiger partial charge in [0.1, 0.15) is 0 Å². The number of tetrazole rings is 1. The lowest BCUT2D eigenvalue weighted by Gasteiger charge is -2.34. The van der Waals surface area contributed by atoms with Gasteiger partial charge in [0, 0.05) is 26.2 Å². The van der Waals surface area contributed by atoms with E-state index in [2.05, 4.69) is 39.5 Å². The lowest BCUT2D eigenvalue weighted by molar-refractivity contribution is -0.132. The first kappa shape index (κ1) is 16.2. The summed E-state index contributed by atoms with van der Waals surface area (Å²) in [5.74, 6) is 1.16. The molecule has 2 aliphatic rings. The van der Waals surface area contributed by atoms with Crippen molar-refractivity contribution in [2.45, 2.75) is 38.8 Å². The Labute approximate surface area is 147 Å². The maximum atomic E-state index is 12.5. The smallest absolute Gasteiger partial charge is 0.227 e. The Morgan fingerprint density at radius 2 is 1.84 bits per heavy atom. The van der Waals surface area contributed by atoms with E-state index in [-0.39, 0.29) is 5.91 Å². The summed E-state index contributed by atoms with van der Waals surface area (Å²) in [6.45, 7) is 6.12. The average molecular weight is 340 g/mol. The van der Waals surface area contributed by atoms with Gasteiger partial charge in [-0.25, -0.2) is 4.68 Å². The predicted octanol–water partition coefficient (Wildman–Crippen LogP) is 1.20. The first-order chi connectivity index (χ1) is 12.2. The van der Waals surface area contributed by atoms with Crippen molar-refractivity contribution < 1.29 is 4.79 Å². The van der Waals surface area contributed by atoms with Gasteiger partial charge in [-0.1, -0.05) is 29.8 Å². The van der Waals surface area contributed by atoms with E-state index in [1.54, 1.807) is 0 Å². The minimum Gasteiger partial charge on any atom is -0.340 e. The fourth-order valence-corrected chi connectivity index (χ4v) is 3.27. The lowest BCUT2D eigenvalue weighted by Crippen LogP contribution is -2.49. The van der Waals surface area contributed by atoms with Crippen molar-refractivity contribution >= 4 is 5.91 Å². The number of hydrogen-bond acceptors (Lipinski definition) is 5. The number of carbonyl (C=O) groups excluding carboxylic acids is 1. The second-order valence-electron chi connectivity index (χ2n) is 7.09. The monoisotopic (exact) mass is 340 g/mol. The summed E-state index contributed by atoms with van der Waals surface area (Å²) in [6.07, 6.45) is 2.85. The number of rotatable bonds is 5. The number of benzene rings is 1. The third-order valence-electron chi connectivity index (χ3n) is 5.02. The molecule has 1 amide bonds. The van der Waals surface area contributed by atoms with Crippen LogP contribution >= 0.6 is 0 Å². The molecule has 1 saturated carbocycles. The highest BCUT2D eigenvalue weighted by Gasteiger charge is 2.29. The van der Waals surface area contributed by atoms with E-state index in [0.717, 1.165) is 44.1 Å². The van der Waals surface area contributed by atoms with Crippen molar-refractivity contribution in [1.82, 2.24) is 30.0 Å². The van der Waals surface area contributed by atoms with Crippen LogP contribution in [0.25, 0.3) is 0 Å². The molecule has 1 saturated heterocycles. The minimum atomic E-state index is 0.214. The summed E-state index contributed by atoms with van der Waals surface area (Å²) >= 11 is 0. The van der Waals surface area contributed by atoms with Gasteiger partial charge < -0.3 is 4.90 Å². The van der Waals surface area contributed by atoms with Crippen molar-refractivity contribution in [2.75, 3.05) is 26.2 Å². The van der Waals surface area contributed by atoms with E-state index < -0.39 is 0 Å². The first-order valence-electron chi connectivity index (χ1n) is 9.01. The van der Waals surface area contributed by atoms with E-state index >= 15 is 0 Å². The molecule has 4 rings (SSSR count). The zero-order chi connectivity index (χ0) is 17.2. The summed E-state index contributed by atoms with van der Waals surface area (Å²) in [5, 5.41) is 12.1. The van der Waals surface area contributed by atoms with Crippen LogP contribution < -0.4 is 0 Å².